The van der Waals surface area contributed by atoms with Crippen molar-refractivity contribution in [3.63, 3.8) is 0 Å². The highest BCUT2D eigenvalue weighted by atomic mass is 16.1. The molecule has 0 unspecified atom stereocenters. The summed E-state index contributed by atoms with van der Waals surface area (Å²) >= 11 is 0. The van der Waals surface area contributed by atoms with E-state index in [0.717, 1.165) is 25.9 Å². The smallest absolute Gasteiger partial charge is 0.220 e. The van der Waals surface area contributed by atoms with Gasteiger partial charge in [-0.3, -0.25) is 4.79 Å². The first-order valence-electron chi connectivity index (χ1n) is 8.00. The van der Waals surface area contributed by atoms with Crippen molar-refractivity contribution in [2.75, 3.05) is 20.1 Å². The average Bonchev–Trinajstić information content (AvgIpc) is 2.41. The molecule has 0 saturated carbocycles. The quantitative estimate of drug-likeness (QED) is 0.922. The molecule has 1 fully saturated rings. The van der Waals surface area contributed by atoms with Gasteiger partial charge in [0.15, 0.2) is 0 Å². The number of benzene rings is 1. The molecule has 1 saturated heterocycles. The van der Waals surface area contributed by atoms with Crippen LogP contribution in [-0.2, 0) is 4.79 Å². The highest BCUT2D eigenvalue weighted by molar-refractivity contribution is 5.76. The van der Waals surface area contributed by atoms with Crippen molar-refractivity contribution in [1.29, 1.82) is 0 Å². The third kappa shape index (κ3) is 4.57. The van der Waals surface area contributed by atoms with E-state index in [1.165, 1.54) is 16.7 Å². The van der Waals surface area contributed by atoms with Crippen LogP contribution in [0.4, 0.5) is 0 Å². The Labute approximate surface area is 128 Å². The minimum atomic E-state index is 0.0874. The number of hydrogen-bond donors (Lipinski definition) is 1. The van der Waals surface area contributed by atoms with Crippen LogP contribution in [0.5, 0.6) is 0 Å². The zero-order valence-electron chi connectivity index (χ0n) is 13.8. The number of nitrogens with one attached hydrogen (secondary N) is 1. The maximum absolute atomic E-state index is 12.2. The summed E-state index contributed by atoms with van der Waals surface area (Å²) in [4.78, 5) is 14.6. The van der Waals surface area contributed by atoms with Gasteiger partial charge in [-0.2, -0.15) is 0 Å². The topological polar surface area (TPSA) is 32.3 Å². The zero-order chi connectivity index (χ0) is 15.4. The van der Waals surface area contributed by atoms with Crippen molar-refractivity contribution in [1.82, 2.24) is 10.2 Å². The zero-order valence-corrected chi connectivity index (χ0v) is 13.8. The van der Waals surface area contributed by atoms with Gasteiger partial charge in [-0.25, -0.2) is 0 Å². The molecule has 0 aromatic heterocycles. The molecule has 3 nitrogen and oxygen atoms in total. The van der Waals surface area contributed by atoms with Gasteiger partial charge in [0.1, 0.15) is 0 Å². The lowest BCUT2D eigenvalue weighted by molar-refractivity contribution is -0.123. The molecule has 116 valence electrons. The van der Waals surface area contributed by atoms with Crippen molar-refractivity contribution >= 4 is 5.91 Å². The highest BCUT2D eigenvalue weighted by Crippen LogP contribution is 2.22. The second-order valence-electron chi connectivity index (χ2n) is 6.60. The number of aryl methyl sites for hydroxylation is 2. The first-order valence-corrected chi connectivity index (χ1v) is 8.00. The van der Waals surface area contributed by atoms with Crippen molar-refractivity contribution in [2.45, 2.75) is 46.1 Å². The Bertz CT molecular complexity index is 490. The Morgan fingerprint density at radius 2 is 2.00 bits per heavy atom. The first-order chi connectivity index (χ1) is 9.95. The van der Waals surface area contributed by atoms with E-state index in [1.807, 2.05) is 0 Å². The third-order valence-corrected chi connectivity index (χ3v) is 4.58. The number of hydrogen-bond acceptors (Lipinski definition) is 2. The van der Waals surface area contributed by atoms with Gasteiger partial charge >= 0.3 is 0 Å². The molecule has 1 N–H and O–H groups in total. The van der Waals surface area contributed by atoms with Crippen molar-refractivity contribution < 1.29 is 4.79 Å². The monoisotopic (exact) mass is 288 g/mol. The lowest BCUT2D eigenvalue weighted by Gasteiger charge is -2.29. The molecule has 1 aliphatic rings. The van der Waals surface area contributed by atoms with Crippen LogP contribution in [0.3, 0.4) is 0 Å². The number of carbonyl (C=O) groups excluding carboxylic acids is 1. The fraction of sp³-hybridized carbons (Fsp3) is 0.611. The number of piperidine rings is 1. The van der Waals surface area contributed by atoms with Gasteiger partial charge in [-0.15, -0.1) is 0 Å². The van der Waals surface area contributed by atoms with Crippen LogP contribution in [0.2, 0.25) is 0 Å². The van der Waals surface area contributed by atoms with Gasteiger partial charge in [-0.05, 0) is 70.8 Å². The maximum atomic E-state index is 12.2. The van der Waals surface area contributed by atoms with Gasteiger partial charge in [-0.1, -0.05) is 23.8 Å². The normalized spacial score (nSPS) is 18.5. The molecule has 0 bridgehead atoms. The minimum Gasteiger partial charge on any atom is -0.350 e. The van der Waals surface area contributed by atoms with E-state index < -0.39 is 0 Å². The molecular formula is C18H28N2O. The predicted octanol–water partition coefficient (Wildman–Crippen LogP) is 3.21. The van der Waals surface area contributed by atoms with E-state index in [1.54, 1.807) is 0 Å². The van der Waals surface area contributed by atoms with Gasteiger partial charge in [0.25, 0.3) is 0 Å². The predicted molar refractivity (Wildman–Crippen MR) is 87.3 cm³/mol. The van der Waals surface area contributed by atoms with E-state index in [9.17, 15) is 4.79 Å². The van der Waals surface area contributed by atoms with Gasteiger partial charge in [0.05, 0.1) is 6.04 Å². The second-order valence-corrected chi connectivity index (χ2v) is 6.60. The second kappa shape index (κ2) is 7.08. The van der Waals surface area contributed by atoms with Gasteiger partial charge < -0.3 is 10.2 Å². The summed E-state index contributed by atoms with van der Waals surface area (Å²) in [5.41, 5.74) is 3.74. The van der Waals surface area contributed by atoms with Crippen LogP contribution in [0, 0.1) is 19.8 Å². The minimum absolute atomic E-state index is 0.0874. The largest absolute Gasteiger partial charge is 0.350 e. The molecule has 2 rings (SSSR count). The molecule has 1 aromatic rings. The fourth-order valence-corrected chi connectivity index (χ4v) is 3.22. The Kier molecular flexibility index (Phi) is 5.40. The number of likely N-dealkylation sites (tertiary alicyclic amines) is 1. The van der Waals surface area contributed by atoms with Crippen LogP contribution >= 0.6 is 0 Å². The summed E-state index contributed by atoms with van der Waals surface area (Å²) < 4.78 is 0. The summed E-state index contributed by atoms with van der Waals surface area (Å²) in [5.74, 6) is 0.740. The number of rotatable bonds is 4. The molecule has 1 aliphatic heterocycles. The Balaban J connectivity index is 1.87. The lowest BCUT2D eigenvalue weighted by atomic mass is 9.93. The molecule has 1 amide bonds. The SMILES string of the molecule is Cc1ccc([C@H](C)NC(=O)CC2CCN(C)CC2)c(C)c1. The molecule has 1 heterocycles. The van der Waals surface area contributed by atoms with E-state index in [4.69, 9.17) is 0 Å². The highest BCUT2D eigenvalue weighted by Gasteiger charge is 2.20. The number of carbonyl (C=O) groups is 1. The van der Waals surface area contributed by atoms with Crippen molar-refractivity contribution in [3.05, 3.63) is 34.9 Å². The van der Waals surface area contributed by atoms with Gasteiger partial charge in [0.2, 0.25) is 5.91 Å². The van der Waals surface area contributed by atoms with Crippen molar-refractivity contribution in [2.24, 2.45) is 5.92 Å². The van der Waals surface area contributed by atoms with E-state index in [2.05, 4.69) is 56.2 Å². The Morgan fingerprint density at radius 1 is 1.33 bits per heavy atom. The average molecular weight is 288 g/mol. The molecule has 0 aliphatic carbocycles. The van der Waals surface area contributed by atoms with E-state index in [0.29, 0.717) is 12.3 Å². The Morgan fingerprint density at radius 3 is 2.62 bits per heavy atom. The van der Waals surface area contributed by atoms with Crippen LogP contribution < -0.4 is 5.32 Å². The fourth-order valence-electron chi connectivity index (χ4n) is 3.22. The van der Waals surface area contributed by atoms with E-state index in [-0.39, 0.29) is 11.9 Å². The Hall–Kier alpha value is -1.35. The number of nitrogens with zero attached hydrogens (tertiary/aromatic N) is 1. The van der Waals surface area contributed by atoms with Crippen LogP contribution in [0.1, 0.15) is 48.9 Å². The molecule has 0 spiro atoms. The molecular weight excluding hydrogens is 260 g/mol. The standard InChI is InChI=1S/C18H28N2O/c1-13-5-6-17(14(2)11-13)15(3)19-18(21)12-16-7-9-20(4)10-8-16/h5-6,11,15-16H,7-10,12H2,1-4H3,(H,19,21)/t15-/m0/s1. The summed E-state index contributed by atoms with van der Waals surface area (Å²) in [6, 6.07) is 6.51. The summed E-state index contributed by atoms with van der Waals surface area (Å²) in [6.45, 7) is 8.52. The molecule has 21 heavy (non-hydrogen) atoms. The lowest BCUT2D eigenvalue weighted by Crippen LogP contribution is -2.34. The summed E-state index contributed by atoms with van der Waals surface area (Å²) in [5, 5.41) is 3.16. The van der Waals surface area contributed by atoms with Crippen LogP contribution in [0.25, 0.3) is 0 Å². The molecule has 0 radical (unpaired) electrons. The maximum Gasteiger partial charge on any atom is 0.220 e. The molecule has 1 aromatic carbocycles. The van der Waals surface area contributed by atoms with Crippen LogP contribution in [0.15, 0.2) is 18.2 Å². The molecule has 3 heteroatoms. The van der Waals surface area contributed by atoms with Crippen LogP contribution in [-0.4, -0.2) is 30.9 Å². The van der Waals surface area contributed by atoms with Gasteiger partial charge in [0, 0.05) is 6.42 Å². The summed E-state index contributed by atoms with van der Waals surface area (Å²) in [7, 11) is 2.15. The van der Waals surface area contributed by atoms with E-state index >= 15 is 0 Å². The first kappa shape index (κ1) is 16.0. The number of amides is 1. The summed E-state index contributed by atoms with van der Waals surface area (Å²) in [6.07, 6.45) is 2.95. The molecule has 1 atom stereocenters. The third-order valence-electron chi connectivity index (χ3n) is 4.58. The van der Waals surface area contributed by atoms with Crippen molar-refractivity contribution in [3.8, 4) is 0 Å².